The SMILES string of the molecule is COc1cc(Nc2ccncc2C(=O)O)cc(OC)c1. The number of carboxylic acids is 1. The molecular weight excluding hydrogens is 260 g/mol. The number of nitrogens with zero attached hydrogens (tertiary/aromatic N) is 1. The number of methoxy groups -OCH3 is 2. The minimum absolute atomic E-state index is 0.0919. The number of aromatic carboxylic acids is 1. The van der Waals surface area contributed by atoms with Crippen molar-refractivity contribution in [1.29, 1.82) is 0 Å². The molecule has 0 fully saturated rings. The van der Waals surface area contributed by atoms with E-state index in [0.717, 1.165) is 0 Å². The number of benzene rings is 1. The summed E-state index contributed by atoms with van der Waals surface area (Å²) in [6.45, 7) is 0. The third-order valence-electron chi connectivity index (χ3n) is 2.68. The molecule has 2 aromatic rings. The molecule has 6 heteroatoms. The third-order valence-corrected chi connectivity index (χ3v) is 2.68. The van der Waals surface area contributed by atoms with Crippen LogP contribution in [0.15, 0.2) is 36.7 Å². The molecule has 20 heavy (non-hydrogen) atoms. The van der Waals surface area contributed by atoms with Gasteiger partial charge in [-0.05, 0) is 6.07 Å². The smallest absolute Gasteiger partial charge is 0.339 e. The quantitative estimate of drug-likeness (QED) is 0.872. The fourth-order valence-corrected chi connectivity index (χ4v) is 1.71. The molecule has 0 aliphatic heterocycles. The molecule has 0 atom stereocenters. The molecule has 0 amide bonds. The van der Waals surface area contributed by atoms with Crippen LogP contribution in [0, 0.1) is 0 Å². The van der Waals surface area contributed by atoms with Crippen LogP contribution in [0.25, 0.3) is 0 Å². The van der Waals surface area contributed by atoms with Crippen LogP contribution in [-0.2, 0) is 0 Å². The minimum atomic E-state index is -1.05. The minimum Gasteiger partial charge on any atom is -0.497 e. The number of hydrogen-bond donors (Lipinski definition) is 2. The first-order valence-electron chi connectivity index (χ1n) is 5.81. The van der Waals surface area contributed by atoms with Gasteiger partial charge in [0.25, 0.3) is 0 Å². The van der Waals surface area contributed by atoms with E-state index in [-0.39, 0.29) is 5.56 Å². The fraction of sp³-hybridized carbons (Fsp3) is 0.143. The van der Waals surface area contributed by atoms with Crippen LogP contribution >= 0.6 is 0 Å². The molecule has 0 saturated heterocycles. The van der Waals surface area contributed by atoms with E-state index < -0.39 is 5.97 Å². The topological polar surface area (TPSA) is 80.7 Å². The predicted molar refractivity (Wildman–Crippen MR) is 74.0 cm³/mol. The first-order valence-corrected chi connectivity index (χ1v) is 5.81. The maximum Gasteiger partial charge on any atom is 0.339 e. The summed E-state index contributed by atoms with van der Waals surface area (Å²) in [5, 5.41) is 12.1. The Kier molecular flexibility index (Phi) is 4.05. The highest BCUT2D eigenvalue weighted by Crippen LogP contribution is 2.28. The van der Waals surface area contributed by atoms with Crippen molar-refractivity contribution in [3.8, 4) is 11.5 Å². The molecule has 0 spiro atoms. The largest absolute Gasteiger partial charge is 0.497 e. The van der Waals surface area contributed by atoms with E-state index in [0.29, 0.717) is 22.9 Å². The standard InChI is InChI=1S/C14H14N2O4/c1-19-10-5-9(6-11(7-10)20-2)16-13-3-4-15-8-12(13)14(17)18/h3-8H,1-2H3,(H,15,16)(H,17,18). The Morgan fingerprint density at radius 3 is 2.40 bits per heavy atom. The summed E-state index contributed by atoms with van der Waals surface area (Å²) in [4.78, 5) is 14.9. The Bertz CT molecular complexity index is 606. The summed E-state index contributed by atoms with van der Waals surface area (Å²) in [6.07, 6.45) is 2.81. The second-order valence-electron chi connectivity index (χ2n) is 3.95. The van der Waals surface area contributed by atoms with Crippen LogP contribution < -0.4 is 14.8 Å². The highest BCUT2D eigenvalue weighted by molar-refractivity contribution is 5.94. The maximum atomic E-state index is 11.1. The van der Waals surface area contributed by atoms with Crippen LogP contribution in [-0.4, -0.2) is 30.3 Å². The maximum absolute atomic E-state index is 11.1. The lowest BCUT2D eigenvalue weighted by Crippen LogP contribution is -2.03. The van der Waals surface area contributed by atoms with Crippen molar-refractivity contribution in [1.82, 2.24) is 4.98 Å². The van der Waals surface area contributed by atoms with Gasteiger partial charge < -0.3 is 19.9 Å². The zero-order chi connectivity index (χ0) is 14.5. The number of rotatable bonds is 5. The van der Waals surface area contributed by atoms with Crippen LogP contribution in [0.2, 0.25) is 0 Å². The molecule has 1 aromatic carbocycles. The summed E-state index contributed by atoms with van der Waals surface area (Å²) < 4.78 is 10.3. The van der Waals surface area contributed by atoms with Gasteiger partial charge in [0.2, 0.25) is 0 Å². The molecule has 0 unspecified atom stereocenters. The van der Waals surface area contributed by atoms with E-state index in [4.69, 9.17) is 14.6 Å². The molecule has 0 saturated carbocycles. The summed E-state index contributed by atoms with van der Waals surface area (Å²) in [6, 6.07) is 6.81. The third kappa shape index (κ3) is 2.97. The van der Waals surface area contributed by atoms with Crippen molar-refractivity contribution in [2.75, 3.05) is 19.5 Å². The van der Waals surface area contributed by atoms with Gasteiger partial charge in [0.1, 0.15) is 17.1 Å². The summed E-state index contributed by atoms with van der Waals surface area (Å²) >= 11 is 0. The highest BCUT2D eigenvalue weighted by atomic mass is 16.5. The molecule has 104 valence electrons. The summed E-state index contributed by atoms with van der Waals surface area (Å²) in [7, 11) is 3.10. The normalized spacial score (nSPS) is 9.90. The van der Waals surface area contributed by atoms with E-state index in [1.807, 2.05) is 0 Å². The molecule has 6 nitrogen and oxygen atoms in total. The Morgan fingerprint density at radius 1 is 1.20 bits per heavy atom. The molecule has 0 aliphatic rings. The molecule has 1 heterocycles. The van der Waals surface area contributed by atoms with Crippen molar-refractivity contribution in [3.05, 3.63) is 42.2 Å². The predicted octanol–water partition coefficient (Wildman–Crippen LogP) is 2.54. The monoisotopic (exact) mass is 274 g/mol. The summed E-state index contributed by atoms with van der Waals surface area (Å²) in [5.74, 6) is 0.172. The first kappa shape index (κ1) is 13.7. The van der Waals surface area contributed by atoms with Gasteiger partial charge in [-0.1, -0.05) is 0 Å². The lowest BCUT2D eigenvalue weighted by atomic mass is 10.2. The molecule has 0 radical (unpaired) electrons. The molecule has 1 aromatic heterocycles. The fourth-order valence-electron chi connectivity index (χ4n) is 1.71. The van der Waals surface area contributed by atoms with Gasteiger partial charge in [0.05, 0.1) is 19.9 Å². The van der Waals surface area contributed by atoms with Crippen molar-refractivity contribution in [2.24, 2.45) is 0 Å². The first-order chi connectivity index (χ1) is 9.63. The highest BCUT2D eigenvalue weighted by Gasteiger charge is 2.10. The number of pyridine rings is 1. The molecule has 2 N–H and O–H groups in total. The van der Waals surface area contributed by atoms with E-state index in [9.17, 15) is 4.79 Å². The Morgan fingerprint density at radius 2 is 1.85 bits per heavy atom. The Hall–Kier alpha value is -2.76. The number of carbonyl (C=O) groups is 1. The number of hydrogen-bond acceptors (Lipinski definition) is 5. The van der Waals surface area contributed by atoms with Gasteiger partial charge in [-0.3, -0.25) is 4.98 Å². The number of ether oxygens (including phenoxy) is 2. The Balaban J connectivity index is 2.37. The number of nitrogens with one attached hydrogen (secondary N) is 1. The van der Waals surface area contributed by atoms with Crippen LogP contribution in [0.4, 0.5) is 11.4 Å². The number of carboxylic acid groups (broad SMARTS) is 1. The number of aromatic nitrogens is 1. The zero-order valence-electron chi connectivity index (χ0n) is 11.1. The van der Waals surface area contributed by atoms with Gasteiger partial charge in [-0.25, -0.2) is 4.79 Å². The molecule has 0 aliphatic carbocycles. The molecule has 2 rings (SSSR count). The van der Waals surface area contributed by atoms with Gasteiger partial charge in [-0.15, -0.1) is 0 Å². The van der Waals surface area contributed by atoms with Crippen LogP contribution in [0.3, 0.4) is 0 Å². The Labute approximate surface area is 116 Å². The van der Waals surface area contributed by atoms with E-state index in [2.05, 4.69) is 10.3 Å². The zero-order valence-corrected chi connectivity index (χ0v) is 11.1. The lowest BCUT2D eigenvalue weighted by molar-refractivity contribution is 0.0697. The van der Waals surface area contributed by atoms with Gasteiger partial charge in [0, 0.05) is 36.3 Å². The second kappa shape index (κ2) is 5.92. The van der Waals surface area contributed by atoms with Gasteiger partial charge in [0.15, 0.2) is 0 Å². The molecular formula is C14H14N2O4. The van der Waals surface area contributed by atoms with E-state index in [1.165, 1.54) is 12.4 Å². The van der Waals surface area contributed by atoms with Gasteiger partial charge in [-0.2, -0.15) is 0 Å². The van der Waals surface area contributed by atoms with Crippen molar-refractivity contribution in [3.63, 3.8) is 0 Å². The van der Waals surface area contributed by atoms with E-state index in [1.54, 1.807) is 38.5 Å². The second-order valence-corrected chi connectivity index (χ2v) is 3.95. The van der Waals surface area contributed by atoms with Crippen molar-refractivity contribution >= 4 is 17.3 Å². The molecule has 0 bridgehead atoms. The van der Waals surface area contributed by atoms with Crippen LogP contribution in [0.1, 0.15) is 10.4 Å². The van der Waals surface area contributed by atoms with E-state index >= 15 is 0 Å². The number of anilines is 2. The van der Waals surface area contributed by atoms with Crippen LogP contribution in [0.5, 0.6) is 11.5 Å². The average molecular weight is 274 g/mol. The van der Waals surface area contributed by atoms with Crippen molar-refractivity contribution in [2.45, 2.75) is 0 Å². The average Bonchev–Trinajstić information content (AvgIpc) is 2.47. The van der Waals surface area contributed by atoms with Gasteiger partial charge >= 0.3 is 5.97 Å². The lowest BCUT2D eigenvalue weighted by Gasteiger charge is -2.12. The summed E-state index contributed by atoms with van der Waals surface area (Å²) in [5.41, 5.74) is 1.20. The van der Waals surface area contributed by atoms with Crippen molar-refractivity contribution < 1.29 is 19.4 Å².